The van der Waals surface area contributed by atoms with Crippen molar-refractivity contribution in [3.63, 3.8) is 0 Å². The second-order valence-electron chi connectivity index (χ2n) is 7.92. The van der Waals surface area contributed by atoms with Gasteiger partial charge in [-0.05, 0) is 55.0 Å². The maximum Gasteiger partial charge on any atom is 0.410 e. The molecule has 0 N–H and O–H groups in total. The normalized spacial score (nSPS) is 15.9. The molecule has 7 heteroatoms. The lowest BCUT2D eigenvalue weighted by atomic mass is 10.1. The van der Waals surface area contributed by atoms with Crippen LogP contribution in [0.4, 0.5) is 10.5 Å². The summed E-state index contributed by atoms with van der Waals surface area (Å²) in [6.45, 7) is 4.34. The van der Waals surface area contributed by atoms with Crippen LogP contribution in [-0.2, 0) is 11.3 Å². The zero-order chi connectivity index (χ0) is 23.2. The molecule has 1 fully saturated rings. The van der Waals surface area contributed by atoms with E-state index in [0.29, 0.717) is 24.7 Å². The predicted octanol–water partition coefficient (Wildman–Crippen LogP) is 6.35. The lowest BCUT2D eigenvalue weighted by Crippen LogP contribution is -2.54. The topological polar surface area (TPSA) is 42.0 Å². The monoisotopic (exact) mass is 482 g/mol. The zero-order valence-electron chi connectivity index (χ0n) is 18.7. The molecular formula is C26H27ClN2O3S. The van der Waals surface area contributed by atoms with Gasteiger partial charge in [-0.1, -0.05) is 53.7 Å². The fourth-order valence-electron chi connectivity index (χ4n) is 3.84. The van der Waals surface area contributed by atoms with E-state index in [-0.39, 0.29) is 18.7 Å². The third kappa shape index (κ3) is 5.95. The minimum absolute atomic E-state index is 0.0137. The molecule has 1 aliphatic rings. The van der Waals surface area contributed by atoms with E-state index in [0.717, 1.165) is 26.8 Å². The smallest absolute Gasteiger partial charge is 0.410 e. The number of hydrogen-bond acceptors (Lipinski definition) is 5. The van der Waals surface area contributed by atoms with Crippen LogP contribution in [0, 0.1) is 0 Å². The number of piperazine rings is 1. The maximum atomic E-state index is 12.7. The molecule has 0 unspecified atom stereocenters. The third-order valence-electron chi connectivity index (χ3n) is 5.62. The fourth-order valence-corrected chi connectivity index (χ4v) is 4.97. The van der Waals surface area contributed by atoms with Crippen LogP contribution < -0.4 is 9.64 Å². The van der Waals surface area contributed by atoms with Crippen LogP contribution in [0.25, 0.3) is 0 Å². The van der Waals surface area contributed by atoms with Gasteiger partial charge < -0.3 is 19.3 Å². The largest absolute Gasteiger partial charge is 0.497 e. The molecule has 0 aliphatic carbocycles. The second kappa shape index (κ2) is 10.9. The lowest BCUT2D eigenvalue weighted by molar-refractivity contribution is 0.0794. The first-order valence-electron chi connectivity index (χ1n) is 10.9. The lowest BCUT2D eigenvalue weighted by Gasteiger charge is -2.40. The molecule has 0 saturated carbocycles. The number of carbonyl (C=O) groups is 1. The van der Waals surface area contributed by atoms with Gasteiger partial charge in [0.05, 0.1) is 12.8 Å². The molecular weight excluding hydrogens is 456 g/mol. The van der Waals surface area contributed by atoms with Crippen LogP contribution in [0.3, 0.4) is 0 Å². The number of anilines is 1. The number of ether oxygens (including phenoxy) is 2. The summed E-state index contributed by atoms with van der Waals surface area (Å²) in [5.74, 6) is 0.833. The number of rotatable bonds is 6. The first-order chi connectivity index (χ1) is 16.0. The summed E-state index contributed by atoms with van der Waals surface area (Å²) in [6.07, 6.45) is -0.273. The van der Waals surface area contributed by atoms with Crippen molar-refractivity contribution >= 4 is 35.1 Å². The number of halogens is 1. The van der Waals surface area contributed by atoms with Crippen molar-refractivity contribution in [3.05, 3.63) is 83.4 Å². The van der Waals surface area contributed by atoms with Gasteiger partial charge in [0.1, 0.15) is 12.4 Å². The van der Waals surface area contributed by atoms with Crippen molar-refractivity contribution in [2.75, 3.05) is 31.6 Å². The van der Waals surface area contributed by atoms with E-state index in [1.54, 1.807) is 23.8 Å². The molecule has 4 rings (SSSR count). The van der Waals surface area contributed by atoms with Crippen LogP contribution >= 0.6 is 23.4 Å². The highest BCUT2D eigenvalue weighted by molar-refractivity contribution is 7.99. The zero-order valence-corrected chi connectivity index (χ0v) is 20.3. The van der Waals surface area contributed by atoms with Crippen LogP contribution in [0.2, 0.25) is 5.02 Å². The molecule has 1 saturated heterocycles. The van der Waals surface area contributed by atoms with Gasteiger partial charge in [-0.2, -0.15) is 0 Å². The van der Waals surface area contributed by atoms with E-state index >= 15 is 0 Å². The summed E-state index contributed by atoms with van der Waals surface area (Å²) in [6, 6.07) is 23.7. The van der Waals surface area contributed by atoms with Crippen LogP contribution in [0.15, 0.2) is 82.6 Å². The molecule has 3 aromatic carbocycles. The van der Waals surface area contributed by atoms with Crippen molar-refractivity contribution in [3.8, 4) is 5.75 Å². The van der Waals surface area contributed by atoms with Crippen molar-refractivity contribution in [1.29, 1.82) is 0 Å². The first kappa shape index (κ1) is 23.3. The van der Waals surface area contributed by atoms with Gasteiger partial charge in [-0.3, -0.25) is 0 Å². The molecule has 1 atom stereocenters. The minimum atomic E-state index is -0.273. The van der Waals surface area contributed by atoms with Crippen LogP contribution in [0.1, 0.15) is 12.5 Å². The van der Waals surface area contributed by atoms with E-state index in [1.807, 2.05) is 66.7 Å². The Kier molecular flexibility index (Phi) is 7.68. The second-order valence-corrected chi connectivity index (χ2v) is 9.47. The average molecular weight is 483 g/mol. The van der Waals surface area contributed by atoms with Crippen molar-refractivity contribution < 1.29 is 14.3 Å². The van der Waals surface area contributed by atoms with Gasteiger partial charge >= 0.3 is 6.09 Å². The number of carbonyl (C=O) groups excluding carboxylic acids is 1. The predicted molar refractivity (Wildman–Crippen MR) is 134 cm³/mol. The Labute approximate surface area is 204 Å². The van der Waals surface area contributed by atoms with Gasteiger partial charge in [-0.25, -0.2) is 4.79 Å². The quantitative estimate of drug-likeness (QED) is 0.409. The highest BCUT2D eigenvalue weighted by Crippen LogP contribution is 2.38. The molecule has 1 heterocycles. The number of hydrogen-bond donors (Lipinski definition) is 0. The molecule has 172 valence electrons. The Morgan fingerprint density at radius 1 is 1.06 bits per heavy atom. The van der Waals surface area contributed by atoms with E-state index < -0.39 is 0 Å². The molecule has 0 bridgehead atoms. The summed E-state index contributed by atoms with van der Waals surface area (Å²) in [4.78, 5) is 19.0. The maximum absolute atomic E-state index is 12.7. The van der Waals surface area contributed by atoms with Crippen molar-refractivity contribution in [2.45, 2.75) is 29.4 Å². The Morgan fingerprint density at radius 2 is 1.82 bits per heavy atom. The van der Waals surface area contributed by atoms with Crippen LogP contribution in [-0.4, -0.2) is 43.8 Å². The summed E-state index contributed by atoms with van der Waals surface area (Å²) >= 11 is 8.05. The van der Waals surface area contributed by atoms with E-state index in [2.05, 4.69) is 17.9 Å². The Bertz CT molecular complexity index is 1080. The number of benzene rings is 3. The van der Waals surface area contributed by atoms with Gasteiger partial charge in [0.25, 0.3) is 0 Å². The van der Waals surface area contributed by atoms with Crippen molar-refractivity contribution in [1.82, 2.24) is 4.90 Å². The van der Waals surface area contributed by atoms with E-state index in [4.69, 9.17) is 21.1 Å². The van der Waals surface area contributed by atoms with Gasteiger partial charge in [0.15, 0.2) is 0 Å². The summed E-state index contributed by atoms with van der Waals surface area (Å²) in [5, 5.41) is 0.696. The summed E-state index contributed by atoms with van der Waals surface area (Å²) in [7, 11) is 1.66. The molecule has 0 aromatic heterocycles. The van der Waals surface area contributed by atoms with Gasteiger partial charge in [-0.15, -0.1) is 0 Å². The standard InChI is InChI=1S/C26H27ClN2O3S/c1-19-17-28(14-15-29(19)26(30)32-18-20-6-4-3-5-7-20)24-16-21(27)8-13-25(24)33-23-11-9-22(31-2)10-12-23/h3-13,16,19H,14-15,17-18H2,1-2H3/t19-/m1/s1. The third-order valence-corrected chi connectivity index (χ3v) is 6.92. The molecule has 1 amide bonds. The van der Waals surface area contributed by atoms with Crippen LogP contribution in [0.5, 0.6) is 5.75 Å². The SMILES string of the molecule is COc1ccc(Sc2ccc(Cl)cc2N2CCN(C(=O)OCc3ccccc3)[C@H](C)C2)cc1. The average Bonchev–Trinajstić information content (AvgIpc) is 2.84. The molecule has 33 heavy (non-hydrogen) atoms. The number of nitrogens with zero attached hydrogens (tertiary/aromatic N) is 2. The van der Waals surface area contributed by atoms with Crippen molar-refractivity contribution in [2.24, 2.45) is 0 Å². The summed E-state index contributed by atoms with van der Waals surface area (Å²) < 4.78 is 10.8. The van der Waals surface area contributed by atoms with E-state index in [9.17, 15) is 4.79 Å². The molecule has 1 aliphatic heterocycles. The highest BCUT2D eigenvalue weighted by Gasteiger charge is 2.29. The minimum Gasteiger partial charge on any atom is -0.497 e. The first-order valence-corrected chi connectivity index (χ1v) is 12.1. The molecule has 5 nitrogen and oxygen atoms in total. The Morgan fingerprint density at radius 3 is 2.52 bits per heavy atom. The number of amides is 1. The number of methoxy groups -OCH3 is 1. The van der Waals surface area contributed by atoms with Gasteiger partial charge in [0, 0.05) is 40.5 Å². The van der Waals surface area contributed by atoms with E-state index in [1.165, 1.54) is 0 Å². The molecule has 3 aromatic rings. The summed E-state index contributed by atoms with van der Waals surface area (Å²) in [5.41, 5.74) is 2.06. The Balaban J connectivity index is 1.42. The Hall–Kier alpha value is -2.83. The van der Waals surface area contributed by atoms with Gasteiger partial charge in [0.2, 0.25) is 0 Å². The fraction of sp³-hybridized carbons (Fsp3) is 0.269. The molecule has 0 radical (unpaired) electrons. The highest BCUT2D eigenvalue weighted by atomic mass is 35.5. The molecule has 0 spiro atoms.